The van der Waals surface area contributed by atoms with E-state index in [1.807, 2.05) is 0 Å². The van der Waals surface area contributed by atoms with Gasteiger partial charge in [0, 0.05) is 5.46 Å². The van der Waals surface area contributed by atoms with Gasteiger partial charge in [-0.25, -0.2) is 4.39 Å². The van der Waals surface area contributed by atoms with Crippen molar-refractivity contribution in [2.75, 3.05) is 6.61 Å². The van der Waals surface area contributed by atoms with Crippen LogP contribution in [0.2, 0.25) is 0 Å². The lowest BCUT2D eigenvalue weighted by Crippen LogP contribution is -2.32. The van der Waals surface area contributed by atoms with Gasteiger partial charge < -0.3 is 14.8 Å². The lowest BCUT2D eigenvalue weighted by molar-refractivity contribution is 0.234. The highest BCUT2D eigenvalue weighted by Gasteiger charge is 2.19. The fraction of sp³-hybridized carbons (Fsp3) is 0.571. The van der Waals surface area contributed by atoms with Crippen LogP contribution in [0.5, 0.6) is 5.75 Å². The summed E-state index contributed by atoms with van der Waals surface area (Å²) in [7, 11) is -1.72. The molecular weight excluding hydrogens is 246 g/mol. The number of unbranched alkanes of at least 4 members (excludes halogenated alkanes) is 1. The van der Waals surface area contributed by atoms with Crippen molar-refractivity contribution < 1.29 is 19.2 Å². The number of rotatable bonds is 8. The van der Waals surface area contributed by atoms with Crippen LogP contribution in [-0.4, -0.2) is 23.8 Å². The summed E-state index contributed by atoms with van der Waals surface area (Å²) in [5.74, 6) is 0.272. The molecule has 0 radical (unpaired) electrons. The van der Waals surface area contributed by atoms with E-state index in [1.54, 1.807) is 0 Å². The number of hydrogen-bond donors (Lipinski definition) is 2. The molecule has 1 atom stereocenters. The molecule has 106 valence electrons. The number of hydrogen-bond acceptors (Lipinski definition) is 3. The summed E-state index contributed by atoms with van der Waals surface area (Å²) >= 11 is 0. The van der Waals surface area contributed by atoms with Crippen molar-refractivity contribution in [2.24, 2.45) is 5.92 Å². The zero-order valence-electron chi connectivity index (χ0n) is 11.6. The normalized spacial score (nSPS) is 12.3. The molecule has 0 aromatic heterocycles. The minimum atomic E-state index is -1.72. The van der Waals surface area contributed by atoms with E-state index >= 15 is 0 Å². The van der Waals surface area contributed by atoms with E-state index in [-0.39, 0.29) is 5.46 Å². The third-order valence-electron chi connectivity index (χ3n) is 3.27. The first-order valence-corrected chi connectivity index (χ1v) is 6.86. The molecule has 0 heterocycles. The van der Waals surface area contributed by atoms with Gasteiger partial charge in [0.25, 0.3) is 0 Å². The molecule has 1 unspecified atom stereocenters. The molecule has 0 amide bonds. The maximum Gasteiger partial charge on any atom is 0.492 e. The second-order valence-electron chi connectivity index (χ2n) is 4.78. The predicted octanol–water partition coefficient (Wildman–Crippen LogP) is 2.10. The summed E-state index contributed by atoms with van der Waals surface area (Å²) in [6, 6.07) is 3.79. The summed E-state index contributed by atoms with van der Waals surface area (Å²) in [6.07, 6.45) is 4.40. The molecule has 0 saturated heterocycles. The van der Waals surface area contributed by atoms with Gasteiger partial charge in [-0.2, -0.15) is 0 Å². The zero-order valence-corrected chi connectivity index (χ0v) is 11.6. The second-order valence-corrected chi connectivity index (χ2v) is 4.78. The summed E-state index contributed by atoms with van der Waals surface area (Å²) in [4.78, 5) is 0. The van der Waals surface area contributed by atoms with E-state index in [0.717, 1.165) is 31.7 Å². The van der Waals surface area contributed by atoms with E-state index < -0.39 is 12.9 Å². The van der Waals surface area contributed by atoms with Gasteiger partial charge in [0.1, 0.15) is 11.6 Å². The molecule has 0 spiro atoms. The van der Waals surface area contributed by atoms with Crippen molar-refractivity contribution in [3.8, 4) is 5.75 Å². The molecule has 0 aliphatic carbocycles. The number of halogens is 1. The Morgan fingerprint density at radius 3 is 2.63 bits per heavy atom. The van der Waals surface area contributed by atoms with Gasteiger partial charge in [0.05, 0.1) is 6.61 Å². The molecule has 2 N–H and O–H groups in total. The summed E-state index contributed by atoms with van der Waals surface area (Å²) in [5.41, 5.74) is 0.0744. The van der Waals surface area contributed by atoms with Crippen LogP contribution in [0.15, 0.2) is 18.2 Å². The SMILES string of the molecule is CCCCC(CC)COc1ccc(F)cc1B(O)O. The Hall–Kier alpha value is -1.07. The highest BCUT2D eigenvalue weighted by atomic mass is 19.1. The Bertz CT molecular complexity index is 385. The van der Waals surface area contributed by atoms with Crippen molar-refractivity contribution in [1.82, 2.24) is 0 Å². The monoisotopic (exact) mass is 268 g/mol. The lowest BCUT2D eigenvalue weighted by atomic mass is 9.79. The van der Waals surface area contributed by atoms with Gasteiger partial charge in [-0.05, 0) is 30.5 Å². The van der Waals surface area contributed by atoms with E-state index in [4.69, 9.17) is 4.74 Å². The van der Waals surface area contributed by atoms with Crippen molar-refractivity contribution in [3.63, 3.8) is 0 Å². The molecule has 1 rings (SSSR count). The number of ether oxygens (including phenoxy) is 1. The second kappa shape index (κ2) is 8.18. The highest BCUT2D eigenvalue weighted by molar-refractivity contribution is 6.59. The third kappa shape index (κ3) is 5.21. The van der Waals surface area contributed by atoms with Crippen molar-refractivity contribution in [3.05, 3.63) is 24.0 Å². The van der Waals surface area contributed by atoms with Crippen LogP contribution in [0.25, 0.3) is 0 Å². The standard InChI is InChI=1S/C14H22BFO3/c1-3-5-6-11(4-2)10-19-14-8-7-12(16)9-13(14)15(17)18/h7-9,11,17-18H,3-6,10H2,1-2H3. The molecule has 3 nitrogen and oxygen atoms in total. The van der Waals surface area contributed by atoms with Crippen LogP contribution >= 0.6 is 0 Å². The fourth-order valence-corrected chi connectivity index (χ4v) is 1.96. The summed E-state index contributed by atoms with van der Waals surface area (Å²) in [5, 5.41) is 18.4. The van der Waals surface area contributed by atoms with Crippen molar-refractivity contribution in [1.29, 1.82) is 0 Å². The van der Waals surface area contributed by atoms with E-state index in [0.29, 0.717) is 18.3 Å². The Morgan fingerprint density at radius 2 is 2.05 bits per heavy atom. The minimum absolute atomic E-state index is 0.0744. The largest absolute Gasteiger partial charge is 0.494 e. The topological polar surface area (TPSA) is 49.7 Å². The molecule has 0 aliphatic rings. The Labute approximate surface area is 114 Å². The Morgan fingerprint density at radius 1 is 1.32 bits per heavy atom. The van der Waals surface area contributed by atoms with Gasteiger partial charge in [-0.1, -0.05) is 33.1 Å². The van der Waals surface area contributed by atoms with Crippen molar-refractivity contribution >= 4 is 12.6 Å². The molecule has 0 saturated carbocycles. The molecule has 1 aromatic rings. The van der Waals surface area contributed by atoms with Gasteiger partial charge in [-0.15, -0.1) is 0 Å². The van der Waals surface area contributed by atoms with Crippen molar-refractivity contribution in [2.45, 2.75) is 39.5 Å². The first-order valence-electron chi connectivity index (χ1n) is 6.86. The highest BCUT2D eigenvalue weighted by Crippen LogP contribution is 2.16. The van der Waals surface area contributed by atoms with E-state index in [9.17, 15) is 14.4 Å². The van der Waals surface area contributed by atoms with Crippen LogP contribution in [0.1, 0.15) is 39.5 Å². The average Bonchev–Trinajstić information content (AvgIpc) is 2.40. The lowest BCUT2D eigenvalue weighted by Gasteiger charge is -2.17. The molecular formula is C14H22BFO3. The van der Waals surface area contributed by atoms with Crippen LogP contribution in [0, 0.1) is 11.7 Å². The molecule has 0 fully saturated rings. The van der Waals surface area contributed by atoms with Gasteiger partial charge in [0.15, 0.2) is 0 Å². The quantitative estimate of drug-likeness (QED) is 0.710. The smallest absolute Gasteiger partial charge is 0.492 e. The van der Waals surface area contributed by atoms with Gasteiger partial charge >= 0.3 is 7.12 Å². The molecule has 5 heteroatoms. The molecule has 19 heavy (non-hydrogen) atoms. The first-order chi connectivity index (χ1) is 9.08. The Balaban J connectivity index is 2.65. The van der Waals surface area contributed by atoms with Crippen LogP contribution < -0.4 is 10.2 Å². The number of benzene rings is 1. The van der Waals surface area contributed by atoms with E-state index in [2.05, 4.69) is 13.8 Å². The molecule has 1 aromatic carbocycles. The maximum absolute atomic E-state index is 13.1. The van der Waals surface area contributed by atoms with Gasteiger partial charge in [-0.3, -0.25) is 0 Å². The summed E-state index contributed by atoms with van der Waals surface area (Å²) < 4.78 is 18.7. The Kier molecular flexibility index (Phi) is 6.88. The average molecular weight is 268 g/mol. The molecule has 0 aliphatic heterocycles. The fourth-order valence-electron chi connectivity index (χ4n) is 1.96. The first kappa shape index (κ1) is 16.0. The van der Waals surface area contributed by atoms with Crippen LogP contribution in [0.4, 0.5) is 4.39 Å². The van der Waals surface area contributed by atoms with Gasteiger partial charge in [0.2, 0.25) is 0 Å². The summed E-state index contributed by atoms with van der Waals surface area (Å²) in [6.45, 7) is 4.77. The van der Waals surface area contributed by atoms with Crippen LogP contribution in [-0.2, 0) is 0 Å². The third-order valence-corrected chi connectivity index (χ3v) is 3.27. The molecule has 0 bridgehead atoms. The minimum Gasteiger partial charge on any atom is -0.494 e. The van der Waals surface area contributed by atoms with E-state index in [1.165, 1.54) is 12.1 Å². The van der Waals surface area contributed by atoms with Crippen LogP contribution in [0.3, 0.4) is 0 Å². The predicted molar refractivity (Wildman–Crippen MR) is 75.0 cm³/mol. The zero-order chi connectivity index (χ0) is 14.3. The maximum atomic E-state index is 13.1.